The molecule has 10 heteroatoms. The topological polar surface area (TPSA) is 164 Å². The Bertz CT molecular complexity index is 625. The van der Waals surface area contributed by atoms with E-state index in [1.165, 1.54) is 0 Å². The third-order valence-electron chi connectivity index (χ3n) is 3.75. The van der Waals surface area contributed by atoms with E-state index < -0.39 is 12.0 Å². The van der Waals surface area contributed by atoms with E-state index in [1.807, 2.05) is 12.1 Å². The van der Waals surface area contributed by atoms with Crippen molar-refractivity contribution in [2.45, 2.75) is 31.0 Å². The maximum Gasteiger partial charge on any atom is 0.322 e. The van der Waals surface area contributed by atoms with E-state index in [0.717, 1.165) is 5.56 Å². The van der Waals surface area contributed by atoms with E-state index in [2.05, 4.69) is 10.8 Å². The highest BCUT2D eigenvalue weighted by molar-refractivity contribution is 5.94. The lowest BCUT2D eigenvalue weighted by molar-refractivity contribution is -0.138. The van der Waals surface area contributed by atoms with Gasteiger partial charge in [-0.3, -0.25) is 19.8 Å². The number of nitrogens with two attached hydrogens (primary N) is 2. The molecule has 0 aliphatic carbocycles. The van der Waals surface area contributed by atoms with Crippen LogP contribution in [0, 0.1) is 5.41 Å². The molecular formula is C15H22ClN5O4. The number of amidine groups is 1. The molecule has 0 spiro atoms. The summed E-state index contributed by atoms with van der Waals surface area (Å²) in [6.07, 6.45) is 0.391. The average Bonchev–Trinajstić information content (AvgIpc) is 3.01. The van der Waals surface area contributed by atoms with E-state index in [4.69, 9.17) is 26.8 Å². The van der Waals surface area contributed by atoms with Gasteiger partial charge in [0.25, 0.3) is 0 Å². The zero-order chi connectivity index (χ0) is 17.7. The van der Waals surface area contributed by atoms with Gasteiger partial charge in [0.1, 0.15) is 11.9 Å². The normalized spacial score (nSPS) is 20.4. The molecule has 138 valence electrons. The van der Waals surface area contributed by atoms with Gasteiger partial charge >= 0.3 is 5.97 Å². The summed E-state index contributed by atoms with van der Waals surface area (Å²) >= 11 is 0. The van der Waals surface area contributed by atoms with Crippen LogP contribution in [-0.2, 0) is 14.4 Å². The van der Waals surface area contributed by atoms with Crippen LogP contribution in [0.1, 0.15) is 30.0 Å². The number of hydroxylamine groups is 1. The molecule has 9 nitrogen and oxygen atoms in total. The van der Waals surface area contributed by atoms with E-state index in [-0.39, 0.29) is 49.3 Å². The lowest BCUT2D eigenvalue weighted by Gasteiger charge is -2.11. The lowest BCUT2D eigenvalue weighted by atomic mass is 9.99. The summed E-state index contributed by atoms with van der Waals surface area (Å²) in [7, 11) is 0. The minimum atomic E-state index is -1.16. The number of nitrogens with one attached hydrogen (secondary N) is 3. The first-order valence-electron chi connectivity index (χ1n) is 7.47. The molecule has 1 aromatic carbocycles. The number of carboxylic acids is 1. The molecule has 1 aromatic rings. The number of carbonyl (C=O) groups is 2. The van der Waals surface area contributed by atoms with Crippen LogP contribution in [0.2, 0.25) is 0 Å². The Kier molecular flexibility index (Phi) is 7.78. The second-order valence-corrected chi connectivity index (χ2v) is 5.63. The molecule has 0 aromatic heterocycles. The van der Waals surface area contributed by atoms with Crippen LogP contribution in [0.25, 0.3) is 0 Å². The fourth-order valence-electron chi connectivity index (χ4n) is 2.35. The molecule has 0 saturated carbocycles. The van der Waals surface area contributed by atoms with Gasteiger partial charge in [-0.05, 0) is 12.0 Å². The first-order valence-corrected chi connectivity index (χ1v) is 7.47. The molecule has 1 heterocycles. The molecule has 0 radical (unpaired) electrons. The zero-order valence-electron chi connectivity index (χ0n) is 13.4. The first kappa shape index (κ1) is 20.8. The number of hydrogen-bond donors (Lipinski definition) is 6. The number of nitrogen functional groups attached to an aromatic ring is 1. The SMILES string of the molecule is Cl.N=C(N)c1ccc([C@@H]2C[C@H](CC(=O)NCC(N)C(=O)O)ON2)cc1. The molecule has 3 atom stereocenters. The van der Waals surface area contributed by atoms with Gasteiger partial charge in [-0.1, -0.05) is 24.3 Å². The summed E-state index contributed by atoms with van der Waals surface area (Å²) < 4.78 is 0. The summed E-state index contributed by atoms with van der Waals surface area (Å²) in [6.45, 7) is -0.121. The van der Waals surface area contributed by atoms with Crippen molar-refractivity contribution in [2.24, 2.45) is 11.5 Å². The smallest absolute Gasteiger partial charge is 0.322 e. The Labute approximate surface area is 151 Å². The second-order valence-electron chi connectivity index (χ2n) is 5.63. The maximum atomic E-state index is 11.8. The molecule has 1 aliphatic rings. The van der Waals surface area contributed by atoms with Crippen LogP contribution in [0.15, 0.2) is 24.3 Å². The van der Waals surface area contributed by atoms with Crippen molar-refractivity contribution in [2.75, 3.05) is 6.54 Å². The molecule has 0 bridgehead atoms. The molecule has 1 saturated heterocycles. The van der Waals surface area contributed by atoms with Crippen molar-refractivity contribution in [1.82, 2.24) is 10.8 Å². The number of halogens is 1. The predicted molar refractivity (Wildman–Crippen MR) is 93.3 cm³/mol. The van der Waals surface area contributed by atoms with Crippen LogP contribution < -0.4 is 22.3 Å². The van der Waals surface area contributed by atoms with E-state index in [0.29, 0.717) is 12.0 Å². The third kappa shape index (κ3) is 5.98. The van der Waals surface area contributed by atoms with Crippen molar-refractivity contribution >= 4 is 30.1 Å². The van der Waals surface area contributed by atoms with E-state index in [9.17, 15) is 9.59 Å². The van der Waals surface area contributed by atoms with Crippen LogP contribution in [0.3, 0.4) is 0 Å². The van der Waals surface area contributed by atoms with Crippen molar-refractivity contribution < 1.29 is 19.5 Å². The minimum absolute atomic E-state index is 0. The zero-order valence-corrected chi connectivity index (χ0v) is 14.2. The quantitative estimate of drug-likeness (QED) is 0.281. The predicted octanol–water partition coefficient (Wildman–Crippen LogP) is -0.355. The van der Waals surface area contributed by atoms with E-state index >= 15 is 0 Å². The molecule has 8 N–H and O–H groups in total. The van der Waals surface area contributed by atoms with Crippen molar-refractivity contribution in [3.05, 3.63) is 35.4 Å². The second kappa shape index (κ2) is 9.33. The molecular weight excluding hydrogens is 350 g/mol. The standard InChI is InChI=1S/C15H21N5O4.ClH/c16-11(15(22)23)7-19-13(21)6-10-5-12(20-24-10)8-1-3-9(4-2-8)14(17)18;/h1-4,10-12,20H,5-7,16H2,(H3,17,18)(H,19,21)(H,22,23);1H/t10-,11?,12+;/m1./s1. The van der Waals surface area contributed by atoms with Gasteiger partial charge in [-0.25, -0.2) is 0 Å². The number of benzene rings is 1. The summed E-state index contributed by atoms with van der Waals surface area (Å²) in [5, 5.41) is 18.5. The Morgan fingerprint density at radius 2 is 2.04 bits per heavy atom. The number of hydrogen-bond acceptors (Lipinski definition) is 6. The summed E-state index contributed by atoms with van der Waals surface area (Å²) in [5.74, 6) is -1.47. The maximum absolute atomic E-state index is 11.8. The minimum Gasteiger partial charge on any atom is -0.480 e. The Hall–Kier alpha value is -2.20. The number of rotatable bonds is 7. The van der Waals surface area contributed by atoms with Crippen molar-refractivity contribution in [1.29, 1.82) is 5.41 Å². The van der Waals surface area contributed by atoms with Gasteiger partial charge in [0.15, 0.2) is 0 Å². The monoisotopic (exact) mass is 371 g/mol. The molecule has 1 aliphatic heterocycles. The molecule has 2 rings (SSSR count). The summed E-state index contributed by atoms with van der Waals surface area (Å²) in [4.78, 5) is 27.8. The fraction of sp³-hybridized carbons (Fsp3) is 0.400. The van der Waals surface area contributed by atoms with Crippen LogP contribution in [-0.4, -0.2) is 41.5 Å². The van der Waals surface area contributed by atoms with Gasteiger partial charge in [0.05, 0.1) is 18.6 Å². The number of aliphatic carboxylic acids is 1. The van der Waals surface area contributed by atoms with Crippen LogP contribution in [0.4, 0.5) is 0 Å². The van der Waals surface area contributed by atoms with Gasteiger partial charge in [-0.2, -0.15) is 5.48 Å². The van der Waals surface area contributed by atoms with Gasteiger partial charge in [-0.15, -0.1) is 12.4 Å². The van der Waals surface area contributed by atoms with E-state index in [1.54, 1.807) is 12.1 Å². The molecule has 1 unspecified atom stereocenters. The first-order chi connectivity index (χ1) is 11.4. The fourth-order valence-corrected chi connectivity index (χ4v) is 2.35. The Morgan fingerprint density at radius 1 is 1.40 bits per heavy atom. The molecule has 1 amide bonds. The highest BCUT2D eigenvalue weighted by Gasteiger charge is 2.28. The number of carboxylic acid groups (broad SMARTS) is 1. The molecule has 1 fully saturated rings. The number of carbonyl (C=O) groups excluding carboxylic acids is 1. The third-order valence-corrected chi connectivity index (χ3v) is 3.75. The van der Waals surface area contributed by atoms with Gasteiger partial charge in [0, 0.05) is 12.1 Å². The van der Waals surface area contributed by atoms with Gasteiger partial charge < -0.3 is 21.9 Å². The van der Waals surface area contributed by atoms with Crippen molar-refractivity contribution in [3.8, 4) is 0 Å². The summed E-state index contributed by atoms with van der Waals surface area (Å²) in [6, 6.07) is 6.03. The average molecular weight is 372 g/mol. The number of amides is 1. The highest BCUT2D eigenvalue weighted by Crippen LogP contribution is 2.27. The summed E-state index contributed by atoms with van der Waals surface area (Å²) in [5.41, 5.74) is 15.2. The Balaban J connectivity index is 0.00000312. The molecule has 25 heavy (non-hydrogen) atoms. The highest BCUT2D eigenvalue weighted by atomic mass is 35.5. The van der Waals surface area contributed by atoms with Gasteiger partial charge in [0.2, 0.25) is 5.91 Å². The van der Waals surface area contributed by atoms with Crippen LogP contribution >= 0.6 is 12.4 Å². The Morgan fingerprint density at radius 3 is 2.60 bits per heavy atom. The largest absolute Gasteiger partial charge is 0.480 e. The lowest BCUT2D eigenvalue weighted by Crippen LogP contribution is -2.43. The van der Waals surface area contributed by atoms with Crippen LogP contribution in [0.5, 0.6) is 0 Å². The van der Waals surface area contributed by atoms with Crippen molar-refractivity contribution in [3.63, 3.8) is 0 Å².